The molecule has 21 heavy (non-hydrogen) atoms. The molecule has 0 atom stereocenters. The van der Waals surface area contributed by atoms with Crippen molar-refractivity contribution in [3.8, 4) is 0 Å². The van der Waals surface area contributed by atoms with E-state index in [0.29, 0.717) is 0 Å². The Morgan fingerprint density at radius 2 is 1.19 bits per heavy atom. The Bertz CT molecular complexity index is 695. The van der Waals surface area contributed by atoms with Gasteiger partial charge < -0.3 is 5.11 Å². The van der Waals surface area contributed by atoms with Crippen LogP contribution in [0.4, 0.5) is 35.1 Å². The normalized spacial score (nSPS) is 13.6. The molecule has 1 aromatic carbocycles. The lowest BCUT2D eigenvalue weighted by molar-refractivity contribution is -0.261. The maximum absolute atomic E-state index is 13.1. The third-order valence-corrected chi connectivity index (χ3v) is 3.15. The first-order valence-electron chi connectivity index (χ1n) is 4.41. The van der Waals surface area contributed by atoms with E-state index in [1.807, 2.05) is 0 Å². The highest BCUT2D eigenvalue weighted by Crippen LogP contribution is 2.28. The fourth-order valence-electron chi connectivity index (χ4n) is 1.02. The van der Waals surface area contributed by atoms with Crippen LogP contribution < -0.4 is 5.11 Å². The summed E-state index contributed by atoms with van der Waals surface area (Å²) in [5.41, 5.74) is 0. The molecule has 0 bridgehead atoms. The first-order valence-corrected chi connectivity index (χ1v) is 5.85. The van der Waals surface area contributed by atoms with E-state index < -0.39 is 56.1 Å². The van der Waals surface area contributed by atoms with Gasteiger partial charge in [0.05, 0.1) is 5.90 Å². The van der Waals surface area contributed by atoms with Crippen LogP contribution in [0.5, 0.6) is 0 Å². The second-order valence-electron chi connectivity index (χ2n) is 3.27. The van der Waals surface area contributed by atoms with Gasteiger partial charge in [-0.05, 0) is 0 Å². The van der Waals surface area contributed by atoms with Gasteiger partial charge in [0.25, 0.3) is 10.0 Å². The van der Waals surface area contributed by atoms with Crippen molar-refractivity contribution in [2.45, 2.75) is 11.1 Å². The number of halogens is 8. The van der Waals surface area contributed by atoms with Crippen molar-refractivity contribution in [1.82, 2.24) is 0 Å². The summed E-state index contributed by atoms with van der Waals surface area (Å²) in [6, 6.07) is 0. The zero-order chi connectivity index (χ0) is 16.7. The van der Waals surface area contributed by atoms with Crippen LogP contribution in [0.3, 0.4) is 0 Å². The van der Waals surface area contributed by atoms with Gasteiger partial charge in [-0.2, -0.15) is 26.0 Å². The third-order valence-electron chi connectivity index (χ3n) is 1.87. The van der Waals surface area contributed by atoms with E-state index in [0.717, 1.165) is 0 Å². The van der Waals surface area contributed by atoms with Crippen molar-refractivity contribution in [1.29, 1.82) is 0 Å². The standard InChI is InChI=1S/C8HF8NO3S/c9-1-2(10)4(12)6(5(13)3(1)11)21(19,20)17-7(18)8(14,15)16/h(H,17,18)/p-1. The lowest BCUT2D eigenvalue weighted by atomic mass is 10.3. The quantitative estimate of drug-likeness (QED) is 0.268. The predicted molar refractivity (Wildman–Crippen MR) is 46.9 cm³/mol. The number of sulfonamides is 1. The zero-order valence-electron chi connectivity index (χ0n) is 9.10. The highest BCUT2D eigenvalue weighted by Gasteiger charge is 2.36. The summed E-state index contributed by atoms with van der Waals surface area (Å²) in [5, 5.41) is 10.3. The largest absolute Gasteiger partial charge is 0.855 e. The van der Waals surface area contributed by atoms with Gasteiger partial charge >= 0.3 is 6.18 Å². The highest BCUT2D eigenvalue weighted by atomic mass is 32.2. The van der Waals surface area contributed by atoms with E-state index in [4.69, 9.17) is 0 Å². The molecule has 0 amide bonds. The van der Waals surface area contributed by atoms with Crippen molar-refractivity contribution < 1.29 is 48.6 Å². The Kier molecular flexibility index (Phi) is 4.18. The molecule has 1 rings (SSSR count). The number of nitrogens with zero attached hydrogens (tertiary/aromatic N) is 1. The fraction of sp³-hybridized carbons (Fsp3) is 0.125. The Morgan fingerprint density at radius 1 is 0.857 bits per heavy atom. The van der Waals surface area contributed by atoms with Crippen LogP contribution in [-0.4, -0.2) is 20.5 Å². The Labute approximate surface area is 110 Å². The van der Waals surface area contributed by atoms with Gasteiger partial charge in [-0.25, -0.2) is 22.0 Å². The highest BCUT2D eigenvalue weighted by molar-refractivity contribution is 7.90. The van der Waals surface area contributed by atoms with Crippen LogP contribution in [0.15, 0.2) is 9.29 Å². The maximum atomic E-state index is 13.1. The van der Waals surface area contributed by atoms with Crippen LogP contribution in [-0.2, 0) is 10.0 Å². The van der Waals surface area contributed by atoms with Crippen LogP contribution in [0.25, 0.3) is 0 Å². The van der Waals surface area contributed by atoms with Crippen molar-refractivity contribution in [2.24, 2.45) is 4.40 Å². The lowest BCUT2D eigenvalue weighted by Crippen LogP contribution is -2.36. The van der Waals surface area contributed by atoms with Gasteiger partial charge in [0.1, 0.15) is 0 Å². The average molecular weight is 342 g/mol. The summed E-state index contributed by atoms with van der Waals surface area (Å²) in [7, 11) is -6.11. The second-order valence-corrected chi connectivity index (χ2v) is 4.81. The van der Waals surface area contributed by atoms with Gasteiger partial charge in [-0.1, -0.05) is 0 Å². The third kappa shape index (κ3) is 3.06. The van der Waals surface area contributed by atoms with E-state index in [1.165, 1.54) is 4.40 Å². The molecule has 0 aromatic heterocycles. The number of hydrogen-bond donors (Lipinski definition) is 0. The molecular formula is C8F8NO3S-. The Morgan fingerprint density at radius 3 is 1.52 bits per heavy atom. The second kappa shape index (κ2) is 5.13. The predicted octanol–water partition coefficient (Wildman–Crippen LogP) is 1.39. The summed E-state index contributed by atoms with van der Waals surface area (Å²) in [6.45, 7) is 0. The van der Waals surface area contributed by atoms with E-state index >= 15 is 0 Å². The van der Waals surface area contributed by atoms with Crippen LogP contribution in [0.1, 0.15) is 0 Å². The average Bonchev–Trinajstić information content (AvgIpc) is 2.32. The fourth-order valence-corrected chi connectivity index (χ4v) is 2.06. The molecule has 0 radical (unpaired) electrons. The SMILES string of the molecule is O=S(=O)(N=C([O-])C(F)(F)F)c1c(F)c(F)c(F)c(F)c1F. The summed E-state index contributed by atoms with van der Waals surface area (Å²) in [4.78, 5) is -2.66. The monoisotopic (exact) mass is 342 g/mol. The van der Waals surface area contributed by atoms with Crippen molar-refractivity contribution in [3.63, 3.8) is 0 Å². The van der Waals surface area contributed by atoms with Crippen molar-refractivity contribution >= 4 is 15.9 Å². The molecule has 0 aliphatic heterocycles. The smallest absolute Gasteiger partial charge is 0.420 e. The minimum absolute atomic E-state index is 1.46. The van der Waals surface area contributed by atoms with Crippen LogP contribution >= 0.6 is 0 Å². The Balaban J connectivity index is 3.70. The minimum Gasteiger partial charge on any atom is -0.855 e. The van der Waals surface area contributed by atoms with E-state index in [9.17, 15) is 48.6 Å². The molecule has 0 saturated carbocycles. The van der Waals surface area contributed by atoms with E-state index in [1.54, 1.807) is 0 Å². The van der Waals surface area contributed by atoms with Crippen molar-refractivity contribution in [2.75, 3.05) is 0 Å². The van der Waals surface area contributed by atoms with Gasteiger partial charge in [0.2, 0.25) is 5.82 Å². The topological polar surface area (TPSA) is 69.6 Å². The van der Waals surface area contributed by atoms with Gasteiger partial charge in [-0.15, -0.1) is 0 Å². The Hall–Kier alpha value is -1.92. The zero-order valence-corrected chi connectivity index (χ0v) is 9.92. The number of benzene rings is 1. The van der Waals surface area contributed by atoms with E-state index in [2.05, 4.69) is 0 Å². The first kappa shape index (κ1) is 17.1. The lowest BCUT2D eigenvalue weighted by Gasteiger charge is -2.14. The van der Waals surface area contributed by atoms with Crippen LogP contribution in [0.2, 0.25) is 0 Å². The molecule has 1 aromatic rings. The van der Waals surface area contributed by atoms with Crippen LogP contribution in [0, 0.1) is 29.1 Å². The molecule has 0 fully saturated rings. The van der Waals surface area contributed by atoms with Gasteiger partial charge in [-0.3, -0.25) is 0 Å². The number of alkyl halides is 3. The van der Waals surface area contributed by atoms with Crippen molar-refractivity contribution in [3.05, 3.63) is 29.1 Å². The summed E-state index contributed by atoms with van der Waals surface area (Å²) in [6.07, 6.45) is -5.82. The molecule has 118 valence electrons. The molecule has 4 nitrogen and oxygen atoms in total. The molecule has 0 unspecified atom stereocenters. The van der Waals surface area contributed by atoms with Gasteiger partial charge in [0, 0.05) is 0 Å². The maximum Gasteiger partial charge on any atom is 0.420 e. The molecular weight excluding hydrogens is 342 g/mol. The molecule has 0 aliphatic carbocycles. The molecule has 0 spiro atoms. The molecule has 0 saturated heterocycles. The number of rotatable bonds is 2. The summed E-state index contributed by atoms with van der Waals surface area (Å²) in [5.74, 6) is -17.3. The number of hydrogen-bond acceptors (Lipinski definition) is 3. The minimum atomic E-state index is -6.11. The molecule has 0 N–H and O–H groups in total. The molecule has 0 heterocycles. The van der Waals surface area contributed by atoms with Gasteiger partial charge in [0.15, 0.2) is 28.2 Å². The summed E-state index contributed by atoms with van der Waals surface area (Å²) < 4.78 is 123. The molecule has 13 heteroatoms. The van der Waals surface area contributed by atoms with E-state index in [-0.39, 0.29) is 0 Å². The first-order chi connectivity index (χ1) is 9.30. The summed E-state index contributed by atoms with van der Waals surface area (Å²) >= 11 is 0. The molecule has 0 aliphatic rings.